The van der Waals surface area contributed by atoms with E-state index in [2.05, 4.69) is 4.98 Å². The summed E-state index contributed by atoms with van der Waals surface area (Å²) in [6.07, 6.45) is 0. The van der Waals surface area contributed by atoms with Crippen LogP contribution in [0.5, 0.6) is 0 Å². The van der Waals surface area contributed by atoms with Crippen LogP contribution in [0.4, 0.5) is 4.39 Å². The highest BCUT2D eigenvalue weighted by atomic mass is 35.5. The van der Waals surface area contributed by atoms with Crippen molar-refractivity contribution in [3.8, 4) is 11.8 Å². The van der Waals surface area contributed by atoms with Gasteiger partial charge < -0.3 is 5.73 Å². The number of aromatic nitrogens is 2. The van der Waals surface area contributed by atoms with E-state index < -0.39 is 5.82 Å². The number of benzene rings is 2. The summed E-state index contributed by atoms with van der Waals surface area (Å²) in [5.41, 5.74) is 7.78. The molecule has 0 aliphatic carbocycles. The van der Waals surface area contributed by atoms with E-state index in [-0.39, 0.29) is 24.0 Å². The highest BCUT2D eigenvalue weighted by Crippen LogP contribution is 2.28. The maximum atomic E-state index is 13.9. The Kier molecular flexibility index (Phi) is 4.45. The number of rotatable bonds is 2. The van der Waals surface area contributed by atoms with Gasteiger partial charge in [0.2, 0.25) is 0 Å². The second-order valence-electron chi connectivity index (χ2n) is 4.83. The minimum Gasteiger partial charge on any atom is -0.322 e. The van der Waals surface area contributed by atoms with Crippen molar-refractivity contribution in [2.45, 2.75) is 13.0 Å². The van der Waals surface area contributed by atoms with E-state index in [9.17, 15) is 9.65 Å². The van der Waals surface area contributed by atoms with E-state index in [4.69, 9.17) is 5.73 Å². The molecule has 112 valence electrons. The van der Waals surface area contributed by atoms with Crippen LogP contribution in [0.2, 0.25) is 0 Å². The second kappa shape index (κ2) is 6.14. The highest BCUT2D eigenvalue weighted by Gasteiger charge is 2.20. The molecule has 0 fully saturated rings. The lowest BCUT2D eigenvalue weighted by atomic mass is 10.1. The van der Waals surface area contributed by atoms with Crippen LogP contribution >= 0.6 is 12.4 Å². The summed E-state index contributed by atoms with van der Waals surface area (Å²) < 4.78 is 15.7. The normalized spacial score (nSPS) is 11.7. The smallest absolute Gasteiger partial charge is 0.143 e. The molecule has 22 heavy (non-hydrogen) atoms. The molecule has 0 unspecified atom stereocenters. The van der Waals surface area contributed by atoms with Gasteiger partial charge in [-0.1, -0.05) is 18.2 Å². The summed E-state index contributed by atoms with van der Waals surface area (Å²) in [6.45, 7) is 1.81. The first-order valence-corrected chi connectivity index (χ1v) is 6.55. The largest absolute Gasteiger partial charge is 0.322 e. The molecule has 0 radical (unpaired) electrons. The van der Waals surface area contributed by atoms with Gasteiger partial charge >= 0.3 is 0 Å². The van der Waals surface area contributed by atoms with Crippen molar-refractivity contribution >= 4 is 23.4 Å². The SMILES string of the molecule is C[C@H](N)c1nc2ccc(F)c(C#N)c2n1-c1ccccc1.Cl. The third-order valence-electron chi connectivity index (χ3n) is 3.33. The number of hydrogen-bond acceptors (Lipinski definition) is 3. The fourth-order valence-electron chi connectivity index (χ4n) is 2.41. The lowest BCUT2D eigenvalue weighted by Crippen LogP contribution is -2.12. The predicted octanol–water partition coefficient (Wildman–Crippen LogP) is 3.48. The van der Waals surface area contributed by atoms with Gasteiger partial charge in [-0.3, -0.25) is 4.57 Å². The Morgan fingerprint density at radius 1 is 1.23 bits per heavy atom. The fraction of sp³-hybridized carbons (Fsp3) is 0.125. The molecule has 0 aliphatic rings. The first-order valence-electron chi connectivity index (χ1n) is 6.55. The number of nitrogens with zero attached hydrogens (tertiary/aromatic N) is 3. The van der Waals surface area contributed by atoms with Crippen LogP contribution in [0, 0.1) is 17.1 Å². The molecular weight excluding hydrogens is 303 g/mol. The van der Waals surface area contributed by atoms with Gasteiger partial charge in [0.25, 0.3) is 0 Å². The molecule has 0 bridgehead atoms. The molecule has 0 amide bonds. The van der Waals surface area contributed by atoms with E-state index in [0.29, 0.717) is 16.9 Å². The zero-order valence-corrected chi connectivity index (χ0v) is 12.6. The molecule has 4 nitrogen and oxygen atoms in total. The number of fused-ring (bicyclic) bond motifs is 1. The quantitative estimate of drug-likeness (QED) is 0.787. The van der Waals surface area contributed by atoms with Crippen molar-refractivity contribution in [2.24, 2.45) is 5.73 Å². The van der Waals surface area contributed by atoms with Crippen LogP contribution in [-0.4, -0.2) is 9.55 Å². The summed E-state index contributed by atoms with van der Waals surface area (Å²) in [6, 6.07) is 13.8. The average molecular weight is 317 g/mol. The van der Waals surface area contributed by atoms with Crippen LogP contribution in [0.15, 0.2) is 42.5 Å². The molecule has 0 aliphatic heterocycles. The van der Waals surface area contributed by atoms with Crippen molar-refractivity contribution in [3.05, 3.63) is 59.7 Å². The lowest BCUT2D eigenvalue weighted by molar-refractivity contribution is 0.625. The minimum absolute atomic E-state index is 0. The molecule has 0 spiro atoms. The van der Waals surface area contributed by atoms with Gasteiger partial charge in [-0.05, 0) is 31.2 Å². The van der Waals surface area contributed by atoms with Crippen molar-refractivity contribution in [3.63, 3.8) is 0 Å². The van der Waals surface area contributed by atoms with Crippen LogP contribution in [-0.2, 0) is 0 Å². The summed E-state index contributed by atoms with van der Waals surface area (Å²) in [4.78, 5) is 4.46. The Labute approximate surface area is 133 Å². The van der Waals surface area contributed by atoms with Crippen molar-refractivity contribution in [1.29, 1.82) is 5.26 Å². The molecule has 1 aromatic heterocycles. The average Bonchev–Trinajstić information content (AvgIpc) is 2.88. The van der Waals surface area contributed by atoms with E-state index >= 15 is 0 Å². The maximum absolute atomic E-state index is 13.9. The summed E-state index contributed by atoms with van der Waals surface area (Å²) in [7, 11) is 0. The number of para-hydroxylation sites is 1. The molecule has 1 atom stereocenters. The third-order valence-corrected chi connectivity index (χ3v) is 3.33. The van der Waals surface area contributed by atoms with Gasteiger partial charge in [-0.25, -0.2) is 9.37 Å². The Morgan fingerprint density at radius 3 is 2.50 bits per heavy atom. The van der Waals surface area contributed by atoms with Crippen LogP contribution < -0.4 is 5.73 Å². The standard InChI is InChI=1S/C16H13FN4.ClH/c1-10(19)16-20-14-8-7-13(17)12(9-18)15(14)21(16)11-5-3-2-4-6-11;/h2-8,10H,19H2,1H3;1H/t10-;/m0./s1. The van der Waals surface area contributed by atoms with Crippen LogP contribution in [0.1, 0.15) is 24.4 Å². The van der Waals surface area contributed by atoms with Gasteiger partial charge in [0.1, 0.15) is 23.3 Å². The molecule has 3 rings (SSSR count). The molecule has 2 aromatic carbocycles. The van der Waals surface area contributed by atoms with Gasteiger partial charge in [-0.15, -0.1) is 12.4 Å². The number of nitriles is 1. The number of imidazole rings is 1. The fourth-order valence-corrected chi connectivity index (χ4v) is 2.41. The third kappa shape index (κ3) is 2.43. The highest BCUT2D eigenvalue weighted by molar-refractivity contribution is 5.85. The Hall–Kier alpha value is -2.42. The first kappa shape index (κ1) is 16.0. The molecule has 0 saturated heterocycles. The topological polar surface area (TPSA) is 67.6 Å². The zero-order valence-electron chi connectivity index (χ0n) is 11.8. The van der Waals surface area contributed by atoms with Crippen LogP contribution in [0.3, 0.4) is 0 Å². The van der Waals surface area contributed by atoms with Gasteiger partial charge in [0, 0.05) is 5.69 Å². The van der Waals surface area contributed by atoms with Crippen LogP contribution in [0.25, 0.3) is 16.7 Å². The van der Waals surface area contributed by atoms with E-state index in [0.717, 1.165) is 5.69 Å². The van der Waals surface area contributed by atoms with Gasteiger partial charge in [-0.2, -0.15) is 5.26 Å². The Bertz CT molecular complexity index is 850. The van der Waals surface area contributed by atoms with E-state index in [1.54, 1.807) is 10.6 Å². The summed E-state index contributed by atoms with van der Waals surface area (Å²) in [5.74, 6) is 0.0385. The monoisotopic (exact) mass is 316 g/mol. The molecule has 3 aromatic rings. The number of hydrogen-bond donors (Lipinski definition) is 1. The first-order chi connectivity index (χ1) is 10.1. The molecule has 2 N–H and O–H groups in total. The number of nitrogens with two attached hydrogens (primary N) is 1. The molecule has 6 heteroatoms. The summed E-state index contributed by atoms with van der Waals surface area (Å²) in [5, 5.41) is 9.27. The van der Waals surface area contributed by atoms with Crippen molar-refractivity contribution in [2.75, 3.05) is 0 Å². The minimum atomic E-state index is -0.557. The van der Waals surface area contributed by atoms with Gasteiger partial charge in [0.05, 0.1) is 17.1 Å². The van der Waals surface area contributed by atoms with E-state index in [1.807, 2.05) is 43.3 Å². The summed E-state index contributed by atoms with van der Waals surface area (Å²) >= 11 is 0. The maximum Gasteiger partial charge on any atom is 0.143 e. The Morgan fingerprint density at radius 2 is 1.91 bits per heavy atom. The molecular formula is C16H14ClFN4. The van der Waals surface area contributed by atoms with Gasteiger partial charge in [0.15, 0.2) is 0 Å². The molecule has 0 saturated carbocycles. The Balaban J connectivity index is 0.00000176. The predicted molar refractivity (Wildman–Crippen MR) is 85.6 cm³/mol. The van der Waals surface area contributed by atoms with E-state index in [1.165, 1.54) is 6.07 Å². The second-order valence-corrected chi connectivity index (χ2v) is 4.83. The van der Waals surface area contributed by atoms with Crippen molar-refractivity contribution in [1.82, 2.24) is 9.55 Å². The van der Waals surface area contributed by atoms with Crippen molar-refractivity contribution < 1.29 is 4.39 Å². The lowest BCUT2D eigenvalue weighted by Gasteiger charge is -2.12. The number of halogens is 2. The molecule has 1 heterocycles. The zero-order chi connectivity index (χ0) is 15.0.